The molecule has 0 saturated carbocycles. The van der Waals surface area contributed by atoms with Gasteiger partial charge in [-0.25, -0.2) is 4.79 Å². The van der Waals surface area contributed by atoms with Gasteiger partial charge in [0.1, 0.15) is 0 Å². The molecular weight excluding hydrogens is 204 g/mol. The fraction of sp³-hybridized carbons (Fsp3) is 0. The summed E-state index contributed by atoms with van der Waals surface area (Å²) in [6, 6.07) is 6.85. The van der Waals surface area contributed by atoms with E-state index in [4.69, 9.17) is 16.0 Å². The molecule has 0 unspecified atom stereocenters. The average Bonchev–Trinajstić information content (AvgIpc) is 2.47. The van der Waals surface area contributed by atoms with E-state index in [1.807, 2.05) is 0 Å². The van der Waals surface area contributed by atoms with E-state index in [1.54, 1.807) is 24.3 Å². The van der Waals surface area contributed by atoms with Crippen LogP contribution >= 0.6 is 11.6 Å². The highest BCUT2D eigenvalue weighted by Gasteiger charge is 2.10. The first kappa shape index (κ1) is 9.09. The first-order chi connectivity index (χ1) is 6.66. The quantitative estimate of drug-likeness (QED) is 0.725. The maximum Gasteiger partial charge on any atom is 0.519 e. The van der Waals surface area contributed by atoms with Crippen molar-refractivity contribution in [3.63, 3.8) is 0 Å². The lowest BCUT2D eigenvalue weighted by Gasteiger charge is -1.95. The Morgan fingerprint density at radius 2 is 1.79 bits per heavy atom. The summed E-state index contributed by atoms with van der Waals surface area (Å²) in [5.41, 5.74) is 0.713. The van der Waals surface area contributed by atoms with Crippen LogP contribution in [-0.2, 0) is 0 Å². The van der Waals surface area contributed by atoms with Gasteiger partial charge in [-0.1, -0.05) is 11.6 Å². The lowest BCUT2D eigenvalue weighted by atomic mass is 10.1. The van der Waals surface area contributed by atoms with E-state index >= 15 is 0 Å². The molecule has 2 aromatic rings. The van der Waals surface area contributed by atoms with Crippen molar-refractivity contribution < 1.29 is 8.83 Å². The van der Waals surface area contributed by atoms with Crippen LogP contribution in [0.1, 0.15) is 5.76 Å². The average molecular weight is 210 g/mol. The summed E-state index contributed by atoms with van der Waals surface area (Å²) in [5, 5.41) is 0.616. The Hall–Kier alpha value is -1.48. The normalized spacial score (nSPS) is 10.4. The second-order valence-corrected chi connectivity index (χ2v) is 3.15. The molecule has 0 aliphatic heterocycles. The van der Waals surface area contributed by atoms with Gasteiger partial charge in [-0.2, -0.15) is 0 Å². The third-order valence-electron chi connectivity index (χ3n) is 1.75. The molecule has 0 N–H and O–H groups in total. The zero-order chi connectivity index (χ0) is 10.1. The van der Waals surface area contributed by atoms with Crippen LogP contribution < -0.4 is 5.82 Å². The minimum absolute atomic E-state index is 0.220. The molecule has 1 heterocycles. The molecule has 0 atom stereocenters. The third-order valence-corrected chi connectivity index (χ3v) is 2.00. The zero-order valence-corrected chi connectivity index (χ0v) is 7.88. The Morgan fingerprint density at radius 1 is 1.14 bits per heavy atom. The van der Waals surface area contributed by atoms with Crippen molar-refractivity contribution >= 4 is 11.6 Å². The molecular formula is C10H6ClO3. The Labute approximate surface area is 84.9 Å². The van der Waals surface area contributed by atoms with Gasteiger partial charge in [-0.05, 0) is 24.3 Å². The summed E-state index contributed by atoms with van der Waals surface area (Å²) in [6.45, 7) is 3.55. The minimum atomic E-state index is -0.750. The Kier molecular flexibility index (Phi) is 2.17. The Bertz CT molecular complexity index is 493. The summed E-state index contributed by atoms with van der Waals surface area (Å²) in [6.07, 6.45) is 0. The van der Waals surface area contributed by atoms with E-state index in [1.165, 1.54) is 0 Å². The van der Waals surface area contributed by atoms with Crippen molar-refractivity contribution in [2.45, 2.75) is 0 Å². The van der Waals surface area contributed by atoms with Gasteiger partial charge in [0, 0.05) is 17.5 Å². The Balaban J connectivity index is 2.54. The summed E-state index contributed by atoms with van der Waals surface area (Å²) < 4.78 is 9.45. The van der Waals surface area contributed by atoms with Crippen molar-refractivity contribution in [3.05, 3.63) is 52.6 Å². The lowest BCUT2D eigenvalue weighted by Crippen LogP contribution is -1.85. The maximum absolute atomic E-state index is 10.8. The van der Waals surface area contributed by atoms with E-state index in [0.717, 1.165) is 0 Å². The molecule has 0 fully saturated rings. The molecule has 0 aliphatic carbocycles. The van der Waals surface area contributed by atoms with Crippen LogP contribution in [-0.4, -0.2) is 0 Å². The second kappa shape index (κ2) is 3.35. The van der Waals surface area contributed by atoms with Gasteiger partial charge in [0.25, 0.3) is 0 Å². The first-order valence-electron chi connectivity index (χ1n) is 3.88. The fourth-order valence-electron chi connectivity index (χ4n) is 1.13. The van der Waals surface area contributed by atoms with E-state index < -0.39 is 5.82 Å². The molecule has 0 aliphatic rings. The van der Waals surface area contributed by atoms with Crippen LogP contribution in [0.25, 0.3) is 11.3 Å². The SMILES string of the molecule is [CH2]c1oc(=O)oc1-c1ccc(Cl)cc1. The highest BCUT2D eigenvalue weighted by Crippen LogP contribution is 2.23. The van der Waals surface area contributed by atoms with Crippen molar-refractivity contribution in [2.24, 2.45) is 0 Å². The smallest absolute Gasteiger partial charge is 0.395 e. The van der Waals surface area contributed by atoms with Gasteiger partial charge in [0.05, 0.1) is 0 Å². The van der Waals surface area contributed by atoms with Gasteiger partial charge in [-0.15, -0.1) is 0 Å². The van der Waals surface area contributed by atoms with E-state index in [9.17, 15) is 4.79 Å². The molecule has 0 amide bonds. The van der Waals surface area contributed by atoms with Gasteiger partial charge in [0.15, 0.2) is 11.5 Å². The number of rotatable bonds is 1. The molecule has 0 bridgehead atoms. The van der Waals surface area contributed by atoms with Gasteiger partial charge in [-0.3, -0.25) is 0 Å². The van der Waals surface area contributed by atoms with Crippen LogP contribution in [0.15, 0.2) is 37.9 Å². The second-order valence-electron chi connectivity index (χ2n) is 2.71. The Morgan fingerprint density at radius 3 is 2.29 bits per heavy atom. The summed E-state index contributed by atoms with van der Waals surface area (Å²) in [5.74, 6) is -0.191. The largest absolute Gasteiger partial charge is 0.519 e. The van der Waals surface area contributed by atoms with Crippen molar-refractivity contribution in [2.75, 3.05) is 0 Å². The summed E-state index contributed by atoms with van der Waals surface area (Å²) in [4.78, 5) is 10.8. The molecule has 3 nitrogen and oxygen atoms in total. The standard InChI is InChI=1S/C10H6ClO3/c1-6-9(14-10(12)13-6)7-2-4-8(11)5-3-7/h2-5H,1H2. The number of hydrogen-bond donors (Lipinski definition) is 0. The van der Waals surface area contributed by atoms with Crippen LogP contribution in [0.5, 0.6) is 0 Å². The third kappa shape index (κ3) is 1.59. The first-order valence-corrected chi connectivity index (χ1v) is 4.26. The minimum Gasteiger partial charge on any atom is -0.395 e. The van der Waals surface area contributed by atoms with Gasteiger partial charge < -0.3 is 8.83 Å². The van der Waals surface area contributed by atoms with Gasteiger partial charge in [0.2, 0.25) is 0 Å². The predicted molar refractivity (Wildman–Crippen MR) is 52.1 cm³/mol. The van der Waals surface area contributed by atoms with Crippen LogP contribution in [0, 0.1) is 6.92 Å². The number of hydrogen-bond acceptors (Lipinski definition) is 3. The van der Waals surface area contributed by atoms with E-state index in [2.05, 4.69) is 11.3 Å². The maximum atomic E-state index is 10.8. The lowest BCUT2D eigenvalue weighted by molar-refractivity contribution is 0.385. The molecule has 71 valence electrons. The fourth-order valence-corrected chi connectivity index (χ4v) is 1.26. The molecule has 1 aromatic heterocycles. The highest BCUT2D eigenvalue weighted by atomic mass is 35.5. The molecule has 4 heteroatoms. The van der Waals surface area contributed by atoms with Crippen LogP contribution in [0.4, 0.5) is 0 Å². The monoisotopic (exact) mass is 209 g/mol. The summed E-state index contributed by atoms with van der Waals surface area (Å²) >= 11 is 5.71. The molecule has 2 rings (SSSR count). The highest BCUT2D eigenvalue weighted by molar-refractivity contribution is 6.30. The number of benzene rings is 1. The summed E-state index contributed by atoms with van der Waals surface area (Å²) in [7, 11) is 0. The van der Waals surface area contributed by atoms with E-state index in [0.29, 0.717) is 16.3 Å². The van der Waals surface area contributed by atoms with Crippen LogP contribution in [0.3, 0.4) is 0 Å². The molecule has 0 saturated heterocycles. The molecule has 1 aromatic carbocycles. The van der Waals surface area contributed by atoms with Crippen LogP contribution in [0.2, 0.25) is 5.02 Å². The van der Waals surface area contributed by atoms with E-state index in [-0.39, 0.29) is 5.76 Å². The zero-order valence-electron chi connectivity index (χ0n) is 7.12. The topological polar surface area (TPSA) is 43.4 Å². The predicted octanol–water partition coefficient (Wildman–Crippen LogP) is 2.74. The van der Waals surface area contributed by atoms with Crippen molar-refractivity contribution in [1.29, 1.82) is 0 Å². The van der Waals surface area contributed by atoms with Gasteiger partial charge >= 0.3 is 5.82 Å². The van der Waals surface area contributed by atoms with Crippen molar-refractivity contribution in [1.82, 2.24) is 0 Å². The van der Waals surface area contributed by atoms with Crippen molar-refractivity contribution in [3.8, 4) is 11.3 Å². The molecule has 0 spiro atoms. The molecule has 14 heavy (non-hydrogen) atoms. The molecule has 1 radical (unpaired) electrons. The number of halogens is 1.